The van der Waals surface area contributed by atoms with E-state index in [9.17, 15) is 18.0 Å². The van der Waals surface area contributed by atoms with Crippen molar-refractivity contribution in [1.82, 2.24) is 4.98 Å². The lowest BCUT2D eigenvalue weighted by Crippen LogP contribution is -2.14. The van der Waals surface area contributed by atoms with Crippen LogP contribution < -0.4 is 14.8 Å². The minimum absolute atomic E-state index is 0.0791. The minimum atomic E-state index is -4.38. The maximum Gasteiger partial charge on any atom is 0.416 e. The molecule has 0 atom stereocenters. The van der Waals surface area contributed by atoms with Crippen LogP contribution in [0.2, 0.25) is 0 Å². The van der Waals surface area contributed by atoms with Crippen LogP contribution in [0.1, 0.15) is 21.6 Å². The number of nitrogens with one attached hydrogen (secondary N) is 1. The molecule has 0 radical (unpaired) electrons. The van der Waals surface area contributed by atoms with Crippen LogP contribution in [0, 0.1) is 0 Å². The highest BCUT2D eigenvalue weighted by Gasteiger charge is 2.30. The number of hydrogen-bond donors (Lipinski definition) is 1. The van der Waals surface area contributed by atoms with Crippen LogP contribution in [0.5, 0.6) is 11.5 Å². The van der Waals surface area contributed by atoms with E-state index in [0.717, 1.165) is 17.0 Å². The van der Waals surface area contributed by atoms with Gasteiger partial charge >= 0.3 is 6.18 Å². The van der Waals surface area contributed by atoms with Gasteiger partial charge in [-0.05, 0) is 17.7 Å². The van der Waals surface area contributed by atoms with Crippen molar-refractivity contribution >= 4 is 22.4 Å². The number of anilines is 1. The molecule has 0 aliphatic rings. The van der Waals surface area contributed by atoms with E-state index in [0.29, 0.717) is 34.2 Å². The van der Waals surface area contributed by atoms with Crippen LogP contribution in [-0.4, -0.2) is 25.1 Å². The lowest BCUT2D eigenvalue weighted by molar-refractivity contribution is -0.137. The minimum Gasteiger partial charge on any atom is -0.497 e. The number of methoxy groups -OCH3 is 2. The van der Waals surface area contributed by atoms with E-state index in [1.165, 1.54) is 24.5 Å². The van der Waals surface area contributed by atoms with Crippen LogP contribution in [0.15, 0.2) is 48.7 Å². The SMILES string of the molecule is COc1ccc(CC(=O)Nc2ncc(Cc3cccc(C(F)(F)F)c3)s2)c(OC)c1. The van der Waals surface area contributed by atoms with Gasteiger partial charge in [0.25, 0.3) is 0 Å². The van der Waals surface area contributed by atoms with Crippen molar-refractivity contribution in [3.05, 3.63) is 70.2 Å². The highest BCUT2D eigenvalue weighted by molar-refractivity contribution is 7.15. The summed E-state index contributed by atoms with van der Waals surface area (Å²) in [5.41, 5.74) is 0.525. The molecule has 0 saturated carbocycles. The molecule has 0 saturated heterocycles. The quantitative estimate of drug-likeness (QED) is 0.569. The second-order valence-electron chi connectivity index (χ2n) is 6.41. The van der Waals surface area contributed by atoms with E-state index < -0.39 is 11.7 Å². The van der Waals surface area contributed by atoms with Crippen molar-refractivity contribution < 1.29 is 27.4 Å². The van der Waals surface area contributed by atoms with Gasteiger partial charge in [-0.3, -0.25) is 4.79 Å². The molecule has 0 aliphatic heterocycles. The van der Waals surface area contributed by atoms with Crippen LogP contribution in [0.3, 0.4) is 0 Å². The number of rotatable bonds is 7. The average Bonchev–Trinajstić information content (AvgIpc) is 3.14. The number of halogens is 3. The smallest absolute Gasteiger partial charge is 0.416 e. The Kier molecular flexibility index (Phi) is 6.61. The fourth-order valence-corrected chi connectivity index (χ4v) is 3.70. The number of amides is 1. The van der Waals surface area contributed by atoms with Gasteiger partial charge in [0.15, 0.2) is 5.13 Å². The molecule has 0 aliphatic carbocycles. The lowest BCUT2D eigenvalue weighted by atomic mass is 10.1. The molecule has 0 bridgehead atoms. The fourth-order valence-electron chi connectivity index (χ4n) is 2.84. The van der Waals surface area contributed by atoms with Gasteiger partial charge in [0, 0.05) is 29.1 Å². The van der Waals surface area contributed by atoms with Crippen molar-refractivity contribution in [3.63, 3.8) is 0 Å². The van der Waals surface area contributed by atoms with Crippen LogP contribution in [-0.2, 0) is 23.8 Å². The molecule has 9 heteroatoms. The fraction of sp³-hybridized carbons (Fsp3) is 0.238. The Labute approximate surface area is 175 Å². The van der Waals surface area contributed by atoms with Crippen LogP contribution >= 0.6 is 11.3 Å². The van der Waals surface area contributed by atoms with Gasteiger partial charge in [0.05, 0.1) is 26.2 Å². The van der Waals surface area contributed by atoms with Crippen molar-refractivity contribution in [2.75, 3.05) is 19.5 Å². The molecular formula is C21H19F3N2O3S. The number of alkyl halides is 3. The van der Waals surface area contributed by atoms with Gasteiger partial charge < -0.3 is 14.8 Å². The first-order chi connectivity index (χ1) is 14.3. The molecule has 1 heterocycles. The molecule has 2 aromatic carbocycles. The molecule has 1 N–H and O–H groups in total. The molecule has 3 aromatic rings. The van der Waals surface area contributed by atoms with Gasteiger partial charge in [-0.15, -0.1) is 11.3 Å². The number of carbonyl (C=O) groups is 1. The zero-order valence-electron chi connectivity index (χ0n) is 16.2. The first-order valence-corrected chi connectivity index (χ1v) is 9.71. The van der Waals surface area contributed by atoms with Crippen LogP contribution in [0.4, 0.5) is 18.3 Å². The highest BCUT2D eigenvalue weighted by atomic mass is 32.1. The molecule has 0 spiro atoms. The van der Waals surface area contributed by atoms with Gasteiger partial charge in [0.1, 0.15) is 11.5 Å². The number of nitrogens with zero attached hydrogens (tertiary/aromatic N) is 1. The Morgan fingerprint density at radius 3 is 2.63 bits per heavy atom. The second kappa shape index (κ2) is 9.17. The summed E-state index contributed by atoms with van der Waals surface area (Å²) in [5, 5.41) is 3.10. The summed E-state index contributed by atoms with van der Waals surface area (Å²) in [6.45, 7) is 0. The first-order valence-electron chi connectivity index (χ1n) is 8.90. The Morgan fingerprint density at radius 2 is 1.93 bits per heavy atom. The van der Waals surface area contributed by atoms with Gasteiger partial charge in [-0.2, -0.15) is 13.2 Å². The summed E-state index contributed by atoms with van der Waals surface area (Å²) in [6, 6.07) is 10.3. The maximum atomic E-state index is 12.9. The van der Waals surface area contributed by atoms with Crippen molar-refractivity contribution in [3.8, 4) is 11.5 Å². The predicted octanol–water partition coefficient (Wildman–Crippen LogP) is 4.95. The number of carbonyl (C=O) groups excluding carboxylic acids is 1. The number of hydrogen-bond acceptors (Lipinski definition) is 5. The molecule has 30 heavy (non-hydrogen) atoms. The number of benzene rings is 2. The Balaban J connectivity index is 1.64. The second-order valence-corrected chi connectivity index (χ2v) is 7.52. The van der Waals surface area contributed by atoms with Gasteiger partial charge in [-0.1, -0.05) is 24.3 Å². The highest BCUT2D eigenvalue weighted by Crippen LogP contribution is 2.31. The van der Waals surface area contributed by atoms with E-state index in [4.69, 9.17) is 9.47 Å². The Morgan fingerprint density at radius 1 is 1.13 bits per heavy atom. The average molecular weight is 436 g/mol. The molecule has 0 fully saturated rings. The van der Waals surface area contributed by atoms with Crippen LogP contribution in [0.25, 0.3) is 0 Å². The summed E-state index contributed by atoms with van der Waals surface area (Å²) in [7, 11) is 3.05. The summed E-state index contributed by atoms with van der Waals surface area (Å²) in [6.07, 6.45) is -2.46. The van der Waals surface area contributed by atoms with Crippen molar-refractivity contribution in [1.29, 1.82) is 0 Å². The largest absolute Gasteiger partial charge is 0.497 e. The van der Waals surface area contributed by atoms with Crippen molar-refractivity contribution in [2.45, 2.75) is 19.0 Å². The van der Waals surface area contributed by atoms with E-state index >= 15 is 0 Å². The standard InChI is InChI=1S/C21H19F3N2O3S/c1-28-16-7-6-14(18(11-16)29-2)10-19(27)26-20-25-12-17(30-20)9-13-4-3-5-15(8-13)21(22,23)24/h3-8,11-12H,9-10H2,1-2H3,(H,25,26,27). The third-order valence-corrected chi connectivity index (χ3v) is 5.19. The van der Waals surface area contributed by atoms with Crippen molar-refractivity contribution in [2.24, 2.45) is 0 Å². The zero-order chi connectivity index (χ0) is 21.7. The number of aromatic nitrogens is 1. The topological polar surface area (TPSA) is 60.5 Å². The molecule has 1 aromatic heterocycles. The number of thiazole rings is 1. The molecule has 1 amide bonds. The van der Waals surface area contributed by atoms with E-state index in [1.54, 1.807) is 37.6 Å². The predicted molar refractivity (Wildman–Crippen MR) is 108 cm³/mol. The third-order valence-electron chi connectivity index (χ3n) is 4.28. The van der Waals surface area contributed by atoms with E-state index in [2.05, 4.69) is 10.3 Å². The zero-order valence-corrected chi connectivity index (χ0v) is 17.1. The summed E-state index contributed by atoms with van der Waals surface area (Å²) >= 11 is 1.22. The Hall–Kier alpha value is -3.07. The molecule has 3 rings (SSSR count). The van der Waals surface area contributed by atoms with E-state index in [1.807, 2.05) is 0 Å². The molecular weight excluding hydrogens is 417 g/mol. The lowest BCUT2D eigenvalue weighted by Gasteiger charge is -2.10. The molecule has 0 unspecified atom stereocenters. The molecule has 5 nitrogen and oxygen atoms in total. The van der Waals surface area contributed by atoms with E-state index in [-0.39, 0.29) is 12.3 Å². The van der Waals surface area contributed by atoms with Gasteiger partial charge in [0.2, 0.25) is 5.91 Å². The normalized spacial score (nSPS) is 11.2. The summed E-state index contributed by atoms with van der Waals surface area (Å²) in [5.74, 6) is 0.877. The third kappa shape index (κ3) is 5.50. The summed E-state index contributed by atoms with van der Waals surface area (Å²) < 4.78 is 49.0. The summed E-state index contributed by atoms with van der Waals surface area (Å²) in [4.78, 5) is 17.3. The van der Waals surface area contributed by atoms with Gasteiger partial charge in [-0.25, -0.2) is 4.98 Å². The Bertz CT molecular complexity index is 1030. The molecule has 158 valence electrons. The first kappa shape index (κ1) is 21.6. The monoisotopic (exact) mass is 436 g/mol. The maximum absolute atomic E-state index is 12.9. The number of ether oxygens (including phenoxy) is 2.